The second kappa shape index (κ2) is 6.00. The van der Waals surface area contributed by atoms with Gasteiger partial charge in [0, 0.05) is 18.9 Å². The lowest BCUT2D eigenvalue weighted by molar-refractivity contribution is -0.142. The highest BCUT2D eigenvalue weighted by Gasteiger charge is 2.20. The summed E-state index contributed by atoms with van der Waals surface area (Å²) in [5.74, 6) is -0.436. The van der Waals surface area contributed by atoms with Crippen molar-refractivity contribution < 1.29 is 9.53 Å². The molecule has 0 aliphatic heterocycles. The molecule has 0 N–H and O–H groups in total. The van der Waals surface area contributed by atoms with Crippen molar-refractivity contribution in [3.8, 4) is 0 Å². The molecular weight excluding hydrogens is 228 g/mol. The fourth-order valence-corrected chi connectivity index (χ4v) is 1.94. The fourth-order valence-electron chi connectivity index (χ4n) is 1.94. The van der Waals surface area contributed by atoms with Gasteiger partial charge in [-0.25, -0.2) is 0 Å². The van der Waals surface area contributed by atoms with Crippen molar-refractivity contribution in [2.24, 2.45) is 0 Å². The number of rotatable bonds is 5. The number of ether oxygens (including phenoxy) is 1. The number of methoxy groups -OCH3 is 1. The molecule has 4 heteroatoms. The first-order valence-electron chi connectivity index (χ1n) is 5.91. The standard InChI is InChI=1S/C14H16N2O2/c1-18-14(17)13(12-6-3-2-4-7-12)8-11-16-10-5-9-15-16/h2-7,9-10,13H,8,11H2,1H3. The van der Waals surface area contributed by atoms with E-state index < -0.39 is 0 Å². The summed E-state index contributed by atoms with van der Waals surface area (Å²) < 4.78 is 6.69. The third kappa shape index (κ3) is 2.97. The number of nitrogens with zero attached hydrogens (tertiary/aromatic N) is 2. The smallest absolute Gasteiger partial charge is 0.313 e. The van der Waals surface area contributed by atoms with Crippen molar-refractivity contribution in [3.05, 3.63) is 54.4 Å². The Morgan fingerprint density at radius 1 is 1.33 bits per heavy atom. The summed E-state index contributed by atoms with van der Waals surface area (Å²) in [6.07, 6.45) is 4.30. The molecular formula is C14H16N2O2. The van der Waals surface area contributed by atoms with Crippen LogP contribution in [0.15, 0.2) is 48.8 Å². The van der Waals surface area contributed by atoms with E-state index in [0.29, 0.717) is 13.0 Å². The Kier molecular flexibility index (Phi) is 4.12. The Hall–Kier alpha value is -2.10. The van der Waals surface area contributed by atoms with E-state index in [1.165, 1.54) is 7.11 Å². The predicted molar refractivity (Wildman–Crippen MR) is 68.0 cm³/mol. The second-order valence-electron chi connectivity index (χ2n) is 4.04. The van der Waals surface area contributed by atoms with Gasteiger partial charge in [-0.1, -0.05) is 30.3 Å². The topological polar surface area (TPSA) is 44.1 Å². The van der Waals surface area contributed by atoms with E-state index in [2.05, 4.69) is 5.10 Å². The number of benzene rings is 1. The van der Waals surface area contributed by atoms with Crippen LogP contribution in [0.3, 0.4) is 0 Å². The molecule has 2 rings (SSSR count). The maximum Gasteiger partial charge on any atom is 0.313 e. The summed E-state index contributed by atoms with van der Waals surface area (Å²) in [5.41, 5.74) is 0.983. The van der Waals surface area contributed by atoms with Gasteiger partial charge in [0.1, 0.15) is 0 Å². The predicted octanol–water partition coefficient (Wildman–Crippen LogP) is 2.23. The molecule has 1 unspecified atom stereocenters. The van der Waals surface area contributed by atoms with Crippen LogP contribution in [0, 0.1) is 0 Å². The summed E-state index contributed by atoms with van der Waals surface area (Å²) in [4.78, 5) is 11.8. The fraction of sp³-hybridized carbons (Fsp3) is 0.286. The Morgan fingerprint density at radius 2 is 2.11 bits per heavy atom. The maximum absolute atomic E-state index is 11.8. The first-order chi connectivity index (χ1) is 8.81. The van der Waals surface area contributed by atoms with Gasteiger partial charge in [0.25, 0.3) is 0 Å². The molecule has 1 heterocycles. The molecule has 0 radical (unpaired) electrons. The molecule has 0 saturated heterocycles. The van der Waals surface area contributed by atoms with Gasteiger partial charge < -0.3 is 4.74 Å². The molecule has 0 aliphatic carbocycles. The number of carbonyl (C=O) groups is 1. The second-order valence-corrected chi connectivity index (χ2v) is 4.04. The van der Waals surface area contributed by atoms with Crippen LogP contribution < -0.4 is 0 Å². The third-order valence-electron chi connectivity index (χ3n) is 2.89. The molecule has 4 nitrogen and oxygen atoms in total. The zero-order valence-electron chi connectivity index (χ0n) is 10.3. The quantitative estimate of drug-likeness (QED) is 0.757. The Bertz CT molecular complexity index is 480. The molecule has 0 saturated carbocycles. The number of hydrogen-bond donors (Lipinski definition) is 0. The Labute approximate surface area is 106 Å². The number of carbonyl (C=O) groups excluding carboxylic acids is 1. The lowest BCUT2D eigenvalue weighted by Gasteiger charge is -2.14. The molecule has 18 heavy (non-hydrogen) atoms. The van der Waals surface area contributed by atoms with Crippen LogP contribution in [-0.4, -0.2) is 22.9 Å². The highest BCUT2D eigenvalue weighted by molar-refractivity contribution is 5.77. The van der Waals surface area contributed by atoms with Gasteiger partial charge in [-0.15, -0.1) is 0 Å². The van der Waals surface area contributed by atoms with Crippen molar-refractivity contribution >= 4 is 5.97 Å². The summed E-state index contributed by atoms with van der Waals surface area (Å²) in [5, 5.41) is 4.13. The SMILES string of the molecule is COC(=O)C(CCn1cccn1)c1ccccc1. The summed E-state index contributed by atoms with van der Waals surface area (Å²) in [6.45, 7) is 0.696. The normalized spacial score (nSPS) is 12.1. The lowest BCUT2D eigenvalue weighted by Crippen LogP contribution is -2.16. The average molecular weight is 244 g/mol. The van der Waals surface area contributed by atoms with Crippen LogP contribution in [0.25, 0.3) is 0 Å². The highest BCUT2D eigenvalue weighted by Crippen LogP contribution is 2.21. The van der Waals surface area contributed by atoms with Crippen LogP contribution in [0.1, 0.15) is 17.9 Å². The van der Waals surface area contributed by atoms with E-state index in [0.717, 1.165) is 5.56 Å². The van der Waals surface area contributed by atoms with E-state index >= 15 is 0 Å². The molecule has 0 fully saturated rings. The molecule has 0 spiro atoms. The number of hydrogen-bond acceptors (Lipinski definition) is 3. The van der Waals surface area contributed by atoms with E-state index in [1.54, 1.807) is 6.20 Å². The Morgan fingerprint density at radius 3 is 2.72 bits per heavy atom. The Balaban J connectivity index is 2.09. The van der Waals surface area contributed by atoms with E-state index in [4.69, 9.17) is 4.74 Å². The zero-order valence-corrected chi connectivity index (χ0v) is 10.3. The van der Waals surface area contributed by atoms with Crippen molar-refractivity contribution in [3.63, 3.8) is 0 Å². The number of aryl methyl sites for hydroxylation is 1. The first-order valence-corrected chi connectivity index (χ1v) is 5.91. The van der Waals surface area contributed by atoms with Crippen molar-refractivity contribution in [2.45, 2.75) is 18.9 Å². The van der Waals surface area contributed by atoms with Crippen LogP contribution in [-0.2, 0) is 16.1 Å². The summed E-state index contributed by atoms with van der Waals surface area (Å²) >= 11 is 0. The van der Waals surface area contributed by atoms with Crippen LogP contribution in [0.4, 0.5) is 0 Å². The molecule has 1 aromatic carbocycles. The molecule has 2 aromatic rings. The first kappa shape index (κ1) is 12.4. The molecule has 0 bridgehead atoms. The third-order valence-corrected chi connectivity index (χ3v) is 2.89. The van der Waals surface area contributed by atoms with Gasteiger partial charge in [0.05, 0.1) is 13.0 Å². The van der Waals surface area contributed by atoms with E-state index in [9.17, 15) is 4.79 Å². The van der Waals surface area contributed by atoms with Gasteiger partial charge in [-0.05, 0) is 18.1 Å². The number of aromatic nitrogens is 2. The van der Waals surface area contributed by atoms with E-state index in [1.807, 2.05) is 47.3 Å². The van der Waals surface area contributed by atoms with E-state index in [-0.39, 0.29) is 11.9 Å². The molecule has 94 valence electrons. The van der Waals surface area contributed by atoms with Crippen molar-refractivity contribution in [2.75, 3.05) is 7.11 Å². The van der Waals surface area contributed by atoms with Gasteiger partial charge in [-0.2, -0.15) is 5.10 Å². The minimum atomic E-state index is -0.236. The minimum Gasteiger partial charge on any atom is -0.469 e. The molecule has 0 amide bonds. The van der Waals surface area contributed by atoms with Gasteiger partial charge in [0.2, 0.25) is 0 Å². The highest BCUT2D eigenvalue weighted by atomic mass is 16.5. The summed E-state index contributed by atoms with van der Waals surface area (Å²) in [7, 11) is 1.42. The number of esters is 1. The van der Waals surface area contributed by atoms with Crippen LogP contribution in [0.2, 0.25) is 0 Å². The van der Waals surface area contributed by atoms with Crippen molar-refractivity contribution in [1.82, 2.24) is 9.78 Å². The molecule has 1 atom stereocenters. The van der Waals surface area contributed by atoms with Gasteiger partial charge in [-0.3, -0.25) is 9.48 Å². The van der Waals surface area contributed by atoms with Crippen LogP contribution >= 0.6 is 0 Å². The minimum absolute atomic E-state index is 0.201. The monoisotopic (exact) mass is 244 g/mol. The van der Waals surface area contributed by atoms with Crippen molar-refractivity contribution in [1.29, 1.82) is 0 Å². The lowest BCUT2D eigenvalue weighted by atomic mass is 9.96. The van der Waals surface area contributed by atoms with Crippen LogP contribution in [0.5, 0.6) is 0 Å². The molecule has 0 aliphatic rings. The largest absolute Gasteiger partial charge is 0.469 e. The zero-order chi connectivity index (χ0) is 12.8. The van der Waals surface area contributed by atoms with Gasteiger partial charge in [0.15, 0.2) is 0 Å². The average Bonchev–Trinajstić information content (AvgIpc) is 2.93. The summed E-state index contributed by atoms with van der Waals surface area (Å²) in [6, 6.07) is 11.6. The molecule has 1 aromatic heterocycles. The maximum atomic E-state index is 11.8. The van der Waals surface area contributed by atoms with Gasteiger partial charge >= 0.3 is 5.97 Å².